The number of benzene rings is 2. The molecule has 0 aliphatic rings. The molecule has 0 saturated heterocycles. The molecule has 110 valence electrons. The predicted octanol–water partition coefficient (Wildman–Crippen LogP) is 5.44. The molecule has 0 radical (unpaired) electrons. The van der Waals surface area contributed by atoms with Crippen LogP contribution >= 0.6 is 36.2 Å². The Labute approximate surface area is 141 Å². The first-order chi connectivity index (χ1) is 9.43. The van der Waals surface area contributed by atoms with Gasteiger partial charge in [0.2, 0.25) is 0 Å². The molecule has 0 bridgehead atoms. The lowest BCUT2D eigenvalue weighted by molar-refractivity contribution is 0.962. The first-order valence-corrected chi connectivity index (χ1v) is 7.33. The summed E-state index contributed by atoms with van der Waals surface area (Å²) in [7, 11) is 0. The average Bonchev–Trinajstić information content (AvgIpc) is 3.01. The Hall–Kier alpha value is -1.35. The Morgan fingerprint density at radius 1 is 0.810 bits per heavy atom. The molecule has 4 heteroatoms. The molecule has 21 heavy (non-hydrogen) atoms. The summed E-state index contributed by atoms with van der Waals surface area (Å²) in [6.45, 7) is 0. The second-order valence-electron chi connectivity index (χ2n) is 4.48. The van der Waals surface area contributed by atoms with Crippen molar-refractivity contribution >= 4 is 36.2 Å². The zero-order valence-corrected chi connectivity index (χ0v) is 13.9. The molecular weight excluding hydrogens is 321 g/mol. The summed E-state index contributed by atoms with van der Waals surface area (Å²) < 4.78 is 0. The van der Waals surface area contributed by atoms with E-state index in [1.54, 1.807) is 11.3 Å². The predicted molar refractivity (Wildman–Crippen MR) is 95.9 cm³/mol. The quantitative estimate of drug-likeness (QED) is 0.617. The summed E-state index contributed by atoms with van der Waals surface area (Å²) >= 11 is 1.70. The second kappa shape index (κ2) is 8.83. The lowest BCUT2D eigenvalue weighted by atomic mass is 10.0. The fourth-order valence-electron chi connectivity index (χ4n) is 2.23. The number of hydrogen-bond acceptors (Lipinski definition) is 2. The third kappa shape index (κ3) is 4.57. The number of nitrogens with zero attached hydrogens (tertiary/aromatic N) is 1. The van der Waals surface area contributed by atoms with Gasteiger partial charge in [0.05, 0.1) is 0 Å². The maximum Gasteiger partial charge on any atom is 0.123 e. The minimum absolute atomic E-state index is 0. The second-order valence-corrected chi connectivity index (χ2v) is 5.37. The molecule has 0 amide bonds. The van der Waals surface area contributed by atoms with Crippen LogP contribution in [-0.2, 0) is 12.8 Å². The molecule has 1 heterocycles. The van der Waals surface area contributed by atoms with Crippen molar-refractivity contribution in [1.82, 2.24) is 4.98 Å². The van der Waals surface area contributed by atoms with Gasteiger partial charge in [-0.25, -0.2) is 4.98 Å². The molecule has 0 atom stereocenters. The van der Waals surface area contributed by atoms with Crippen LogP contribution in [0.4, 0.5) is 0 Å². The molecule has 0 aliphatic carbocycles. The number of rotatable bonds is 4. The SMILES string of the molecule is Cl.Cl.c1ccc(CCc2ccccc2-c2nccs2)cc1. The fraction of sp³-hybridized carbons (Fsp3) is 0.118. The normalized spacial score (nSPS) is 9.52. The van der Waals surface area contributed by atoms with Gasteiger partial charge in [0, 0.05) is 17.1 Å². The minimum atomic E-state index is 0. The van der Waals surface area contributed by atoms with Gasteiger partial charge in [0.1, 0.15) is 5.01 Å². The molecule has 0 N–H and O–H groups in total. The summed E-state index contributed by atoms with van der Waals surface area (Å²) in [5, 5.41) is 3.15. The monoisotopic (exact) mass is 337 g/mol. The van der Waals surface area contributed by atoms with Crippen LogP contribution in [0.1, 0.15) is 11.1 Å². The first kappa shape index (κ1) is 17.7. The van der Waals surface area contributed by atoms with Gasteiger partial charge in [0.15, 0.2) is 0 Å². The van der Waals surface area contributed by atoms with Gasteiger partial charge in [-0.3, -0.25) is 0 Å². The highest BCUT2D eigenvalue weighted by Gasteiger charge is 2.06. The molecule has 1 nitrogen and oxygen atoms in total. The Bertz CT molecular complexity index is 639. The highest BCUT2D eigenvalue weighted by molar-refractivity contribution is 7.13. The molecule has 2 aromatic carbocycles. The average molecular weight is 338 g/mol. The Morgan fingerprint density at radius 2 is 1.52 bits per heavy atom. The summed E-state index contributed by atoms with van der Waals surface area (Å²) in [4.78, 5) is 4.42. The van der Waals surface area contributed by atoms with Gasteiger partial charge in [-0.05, 0) is 24.0 Å². The smallest absolute Gasteiger partial charge is 0.123 e. The van der Waals surface area contributed by atoms with E-state index in [0.29, 0.717) is 0 Å². The van der Waals surface area contributed by atoms with E-state index >= 15 is 0 Å². The lowest BCUT2D eigenvalue weighted by Crippen LogP contribution is -1.93. The molecule has 0 fully saturated rings. The number of thiazole rings is 1. The van der Waals surface area contributed by atoms with E-state index in [2.05, 4.69) is 59.6 Å². The highest BCUT2D eigenvalue weighted by atomic mass is 35.5. The van der Waals surface area contributed by atoms with E-state index in [0.717, 1.165) is 17.8 Å². The third-order valence-corrected chi connectivity index (χ3v) is 4.01. The van der Waals surface area contributed by atoms with Gasteiger partial charge in [-0.15, -0.1) is 36.2 Å². The zero-order valence-electron chi connectivity index (χ0n) is 11.4. The van der Waals surface area contributed by atoms with Crippen molar-refractivity contribution in [3.63, 3.8) is 0 Å². The number of aromatic nitrogens is 1. The van der Waals surface area contributed by atoms with E-state index in [9.17, 15) is 0 Å². The summed E-state index contributed by atoms with van der Waals surface area (Å²) in [5.74, 6) is 0. The Kier molecular flexibility index (Phi) is 7.44. The first-order valence-electron chi connectivity index (χ1n) is 6.45. The highest BCUT2D eigenvalue weighted by Crippen LogP contribution is 2.26. The van der Waals surface area contributed by atoms with Gasteiger partial charge >= 0.3 is 0 Å². The van der Waals surface area contributed by atoms with Crippen LogP contribution in [0.5, 0.6) is 0 Å². The van der Waals surface area contributed by atoms with Crippen LogP contribution in [0.2, 0.25) is 0 Å². The van der Waals surface area contributed by atoms with Crippen LogP contribution < -0.4 is 0 Å². The van der Waals surface area contributed by atoms with Crippen molar-refractivity contribution in [2.75, 3.05) is 0 Å². The zero-order chi connectivity index (χ0) is 12.9. The van der Waals surface area contributed by atoms with Crippen LogP contribution in [0.15, 0.2) is 66.2 Å². The largest absolute Gasteiger partial charge is 0.245 e. The van der Waals surface area contributed by atoms with Gasteiger partial charge in [-0.1, -0.05) is 54.6 Å². The number of aryl methyl sites for hydroxylation is 2. The van der Waals surface area contributed by atoms with Crippen molar-refractivity contribution in [1.29, 1.82) is 0 Å². The molecule has 1 aromatic heterocycles. The summed E-state index contributed by atoms with van der Waals surface area (Å²) in [6, 6.07) is 19.2. The van der Waals surface area contributed by atoms with E-state index in [4.69, 9.17) is 0 Å². The van der Waals surface area contributed by atoms with Crippen LogP contribution in [0.3, 0.4) is 0 Å². The standard InChI is InChI=1S/C17H15NS.2ClH/c1-2-6-14(7-3-1)10-11-15-8-4-5-9-16(15)17-18-12-13-19-17;;/h1-9,12-13H,10-11H2;2*1H. The fourth-order valence-corrected chi connectivity index (χ4v) is 2.93. The Morgan fingerprint density at radius 3 is 2.24 bits per heavy atom. The van der Waals surface area contributed by atoms with Crippen LogP contribution in [0, 0.1) is 0 Å². The van der Waals surface area contributed by atoms with E-state index in [1.807, 2.05) is 11.6 Å². The summed E-state index contributed by atoms with van der Waals surface area (Å²) in [5.41, 5.74) is 4.03. The van der Waals surface area contributed by atoms with E-state index in [-0.39, 0.29) is 24.8 Å². The molecule has 3 aromatic rings. The van der Waals surface area contributed by atoms with Crippen molar-refractivity contribution in [3.8, 4) is 10.6 Å². The minimum Gasteiger partial charge on any atom is -0.245 e. The molecule has 0 unspecified atom stereocenters. The van der Waals surface area contributed by atoms with Crippen molar-refractivity contribution < 1.29 is 0 Å². The molecule has 3 rings (SSSR count). The molecule has 0 saturated carbocycles. The van der Waals surface area contributed by atoms with Crippen molar-refractivity contribution in [3.05, 3.63) is 77.3 Å². The van der Waals surface area contributed by atoms with Gasteiger partial charge < -0.3 is 0 Å². The van der Waals surface area contributed by atoms with E-state index in [1.165, 1.54) is 16.7 Å². The van der Waals surface area contributed by atoms with Crippen molar-refractivity contribution in [2.24, 2.45) is 0 Å². The van der Waals surface area contributed by atoms with Crippen LogP contribution in [-0.4, -0.2) is 4.98 Å². The van der Waals surface area contributed by atoms with Crippen molar-refractivity contribution in [2.45, 2.75) is 12.8 Å². The van der Waals surface area contributed by atoms with Gasteiger partial charge in [-0.2, -0.15) is 0 Å². The molecule has 0 spiro atoms. The van der Waals surface area contributed by atoms with Crippen LogP contribution in [0.25, 0.3) is 10.6 Å². The maximum atomic E-state index is 4.42. The van der Waals surface area contributed by atoms with E-state index < -0.39 is 0 Å². The molecule has 0 aliphatic heterocycles. The van der Waals surface area contributed by atoms with Gasteiger partial charge in [0.25, 0.3) is 0 Å². The number of hydrogen-bond donors (Lipinski definition) is 0. The Balaban J connectivity index is 0.00000110. The molecular formula is C17H17Cl2NS. The topological polar surface area (TPSA) is 12.9 Å². The lowest BCUT2D eigenvalue weighted by Gasteiger charge is -2.07. The number of halogens is 2. The maximum absolute atomic E-state index is 4.42. The summed E-state index contributed by atoms with van der Waals surface area (Å²) in [6.07, 6.45) is 4.00. The third-order valence-electron chi connectivity index (χ3n) is 3.21.